The van der Waals surface area contributed by atoms with E-state index in [2.05, 4.69) is 27.0 Å². The molecule has 1 aliphatic heterocycles. The van der Waals surface area contributed by atoms with Gasteiger partial charge in [-0.2, -0.15) is 0 Å². The van der Waals surface area contributed by atoms with Crippen LogP contribution in [0.4, 0.5) is 5.69 Å². The second-order valence-corrected chi connectivity index (χ2v) is 6.57. The lowest BCUT2D eigenvalue weighted by Gasteiger charge is -2.28. The first kappa shape index (κ1) is 15.9. The van der Waals surface area contributed by atoms with E-state index in [0.29, 0.717) is 0 Å². The molecule has 0 aliphatic carbocycles. The number of hydrogen-bond acceptors (Lipinski definition) is 4. The zero-order chi connectivity index (χ0) is 17.6. The molecule has 0 atom stereocenters. The molecule has 0 spiro atoms. The molecule has 2 aromatic heterocycles. The molecule has 1 aliphatic rings. The number of rotatable bonds is 3. The number of benzene rings is 1. The normalized spacial score (nSPS) is 15.1. The monoisotopic (exact) mass is 338 g/mol. The van der Waals surface area contributed by atoms with E-state index in [1.807, 2.05) is 19.9 Å². The topological polar surface area (TPSA) is 74.0 Å². The van der Waals surface area contributed by atoms with Crippen LogP contribution in [-0.2, 0) is 4.74 Å². The number of carbonyl (C=O) groups is 1. The zero-order valence-electron chi connectivity index (χ0n) is 14.8. The van der Waals surface area contributed by atoms with E-state index in [-0.39, 0.29) is 5.78 Å². The number of aryl methyl sites for hydroxylation is 1. The van der Waals surface area contributed by atoms with Crippen molar-refractivity contribution in [1.29, 1.82) is 0 Å². The number of imidazole rings is 1. The summed E-state index contributed by atoms with van der Waals surface area (Å²) in [6, 6.07) is 6.28. The molecule has 2 N–H and O–H groups in total. The summed E-state index contributed by atoms with van der Waals surface area (Å²) in [5, 5.41) is 0. The van der Waals surface area contributed by atoms with Crippen LogP contribution in [-0.4, -0.2) is 47.0 Å². The molecular weight excluding hydrogens is 316 g/mol. The lowest BCUT2D eigenvalue weighted by Crippen LogP contribution is -2.36. The molecule has 6 nitrogen and oxygen atoms in total. The van der Waals surface area contributed by atoms with Crippen molar-refractivity contribution in [1.82, 2.24) is 15.0 Å². The predicted molar refractivity (Wildman–Crippen MR) is 98.4 cm³/mol. The number of anilines is 1. The van der Waals surface area contributed by atoms with E-state index < -0.39 is 0 Å². The fourth-order valence-corrected chi connectivity index (χ4v) is 3.65. The van der Waals surface area contributed by atoms with E-state index in [0.717, 1.165) is 65.7 Å². The van der Waals surface area contributed by atoms with E-state index in [1.165, 1.54) is 5.69 Å². The second kappa shape index (κ2) is 6.04. The summed E-state index contributed by atoms with van der Waals surface area (Å²) in [7, 11) is 0. The molecule has 0 bridgehead atoms. The highest BCUT2D eigenvalue weighted by molar-refractivity contribution is 5.98. The number of nitrogens with one attached hydrogen (secondary N) is 2. The first-order chi connectivity index (χ1) is 12.0. The molecule has 0 saturated carbocycles. The maximum Gasteiger partial charge on any atom is 0.161 e. The minimum Gasteiger partial charge on any atom is -0.378 e. The number of carbonyl (C=O) groups excluding carboxylic acids is 1. The van der Waals surface area contributed by atoms with Gasteiger partial charge in [-0.3, -0.25) is 4.79 Å². The summed E-state index contributed by atoms with van der Waals surface area (Å²) in [4.78, 5) is 25.6. The van der Waals surface area contributed by atoms with Gasteiger partial charge in [0.25, 0.3) is 0 Å². The number of ether oxygens (including phenoxy) is 1. The van der Waals surface area contributed by atoms with Crippen LogP contribution in [0.3, 0.4) is 0 Å². The van der Waals surface area contributed by atoms with Gasteiger partial charge >= 0.3 is 0 Å². The first-order valence-corrected chi connectivity index (χ1v) is 8.57. The second-order valence-electron chi connectivity index (χ2n) is 6.57. The molecule has 0 radical (unpaired) electrons. The number of aromatic amines is 2. The number of nitrogens with zero attached hydrogens (tertiary/aromatic N) is 2. The van der Waals surface area contributed by atoms with Gasteiger partial charge in [0.2, 0.25) is 0 Å². The summed E-state index contributed by atoms with van der Waals surface area (Å²) < 4.78 is 5.42. The van der Waals surface area contributed by atoms with Gasteiger partial charge in [-0.1, -0.05) is 0 Å². The highest BCUT2D eigenvalue weighted by Crippen LogP contribution is 2.29. The van der Waals surface area contributed by atoms with Crippen LogP contribution >= 0.6 is 0 Å². The largest absolute Gasteiger partial charge is 0.378 e. The van der Waals surface area contributed by atoms with Crippen molar-refractivity contribution in [2.24, 2.45) is 0 Å². The predicted octanol–water partition coefficient (Wildman–Crippen LogP) is 3.21. The third-order valence-electron chi connectivity index (χ3n) is 4.87. The molecule has 130 valence electrons. The highest BCUT2D eigenvalue weighted by atomic mass is 16.5. The lowest BCUT2D eigenvalue weighted by molar-refractivity contribution is 0.101. The molecule has 6 heteroatoms. The number of aromatic nitrogens is 3. The van der Waals surface area contributed by atoms with Gasteiger partial charge in [-0.05, 0) is 44.5 Å². The fraction of sp³-hybridized carbons (Fsp3) is 0.368. The SMILES string of the molecule is CC(=O)c1c(C)[nH]c(-c2nc3ccc(N4CCOCC4)cc3[nH]2)c1C. The van der Waals surface area contributed by atoms with Crippen molar-refractivity contribution in [2.75, 3.05) is 31.2 Å². The Hall–Kier alpha value is -2.60. The molecule has 3 aromatic rings. The van der Waals surface area contributed by atoms with Crippen LogP contribution in [0.25, 0.3) is 22.6 Å². The van der Waals surface area contributed by atoms with Crippen molar-refractivity contribution >= 4 is 22.5 Å². The Labute approximate surface area is 146 Å². The quantitative estimate of drug-likeness (QED) is 0.719. The standard InChI is InChI=1S/C19H22N4O2/c1-11-17(13(3)24)12(2)20-18(11)19-21-15-5-4-14(10-16(15)22-19)23-6-8-25-9-7-23/h4-5,10,20H,6-9H2,1-3H3,(H,21,22). The third-order valence-corrected chi connectivity index (χ3v) is 4.87. The number of H-pyrrole nitrogens is 2. The fourth-order valence-electron chi connectivity index (χ4n) is 3.65. The van der Waals surface area contributed by atoms with Gasteiger partial charge in [0.15, 0.2) is 11.6 Å². The minimum absolute atomic E-state index is 0.0724. The van der Waals surface area contributed by atoms with Crippen molar-refractivity contribution in [3.63, 3.8) is 0 Å². The van der Waals surface area contributed by atoms with Gasteiger partial charge in [0, 0.05) is 30.0 Å². The van der Waals surface area contributed by atoms with Crippen LogP contribution in [0.15, 0.2) is 18.2 Å². The van der Waals surface area contributed by atoms with Crippen molar-refractivity contribution < 1.29 is 9.53 Å². The van der Waals surface area contributed by atoms with Crippen LogP contribution in [0.2, 0.25) is 0 Å². The molecule has 0 amide bonds. The minimum atomic E-state index is 0.0724. The molecule has 0 unspecified atom stereocenters. The van der Waals surface area contributed by atoms with E-state index in [4.69, 9.17) is 9.72 Å². The smallest absolute Gasteiger partial charge is 0.161 e. The summed E-state index contributed by atoms with van der Waals surface area (Å²) >= 11 is 0. The van der Waals surface area contributed by atoms with Gasteiger partial charge in [-0.25, -0.2) is 4.98 Å². The molecular formula is C19H22N4O2. The third kappa shape index (κ3) is 2.72. The van der Waals surface area contributed by atoms with E-state index in [9.17, 15) is 4.79 Å². The Morgan fingerprint density at radius 1 is 1.20 bits per heavy atom. The lowest BCUT2D eigenvalue weighted by atomic mass is 10.1. The number of hydrogen-bond donors (Lipinski definition) is 2. The van der Waals surface area contributed by atoms with E-state index in [1.54, 1.807) is 6.92 Å². The first-order valence-electron chi connectivity index (χ1n) is 8.57. The van der Waals surface area contributed by atoms with Crippen LogP contribution < -0.4 is 4.90 Å². The van der Waals surface area contributed by atoms with Crippen LogP contribution in [0, 0.1) is 13.8 Å². The number of morpholine rings is 1. The Morgan fingerprint density at radius 3 is 2.64 bits per heavy atom. The number of ketones is 1. The van der Waals surface area contributed by atoms with E-state index >= 15 is 0 Å². The average Bonchev–Trinajstić information content (AvgIpc) is 3.15. The molecule has 1 aromatic carbocycles. The maximum absolute atomic E-state index is 11.9. The van der Waals surface area contributed by atoms with Gasteiger partial charge in [0.1, 0.15) is 0 Å². The zero-order valence-corrected chi connectivity index (χ0v) is 14.8. The van der Waals surface area contributed by atoms with Crippen molar-refractivity contribution in [2.45, 2.75) is 20.8 Å². The average molecular weight is 338 g/mol. The highest BCUT2D eigenvalue weighted by Gasteiger charge is 2.19. The van der Waals surface area contributed by atoms with Crippen LogP contribution in [0.5, 0.6) is 0 Å². The molecule has 3 heterocycles. The Bertz CT molecular complexity index is 948. The molecule has 1 saturated heterocycles. The maximum atomic E-state index is 11.9. The summed E-state index contributed by atoms with van der Waals surface area (Å²) in [5.41, 5.74) is 6.55. The summed E-state index contributed by atoms with van der Waals surface area (Å²) in [5.74, 6) is 0.838. The number of Topliss-reactive ketones (excluding diaryl/α,β-unsaturated/α-hetero) is 1. The van der Waals surface area contributed by atoms with Crippen LogP contribution in [0.1, 0.15) is 28.5 Å². The Balaban J connectivity index is 1.74. The van der Waals surface area contributed by atoms with Crippen molar-refractivity contribution in [3.8, 4) is 11.5 Å². The van der Waals surface area contributed by atoms with Gasteiger partial charge in [0.05, 0.1) is 29.9 Å². The van der Waals surface area contributed by atoms with Crippen molar-refractivity contribution in [3.05, 3.63) is 35.0 Å². The summed E-state index contributed by atoms with van der Waals surface area (Å²) in [6.45, 7) is 8.82. The molecule has 25 heavy (non-hydrogen) atoms. The number of fused-ring (bicyclic) bond motifs is 1. The van der Waals surface area contributed by atoms with Gasteiger partial charge < -0.3 is 19.6 Å². The molecule has 1 fully saturated rings. The summed E-state index contributed by atoms with van der Waals surface area (Å²) in [6.07, 6.45) is 0. The Kier molecular flexibility index (Phi) is 3.84. The van der Waals surface area contributed by atoms with Gasteiger partial charge in [-0.15, -0.1) is 0 Å². The Morgan fingerprint density at radius 2 is 1.96 bits per heavy atom. The molecule has 4 rings (SSSR count).